The van der Waals surface area contributed by atoms with Gasteiger partial charge in [0.05, 0.1) is 22.2 Å². The average Bonchev–Trinajstić information content (AvgIpc) is 3.25. The first-order chi connectivity index (χ1) is 13.0. The quantitative estimate of drug-likeness (QED) is 0.552. The Morgan fingerprint density at radius 1 is 1.19 bits per heavy atom. The third-order valence-electron chi connectivity index (χ3n) is 4.17. The topological polar surface area (TPSA) is 88.0 Å². The first-order valence-electron chi connectivity index (χ1n) is 8.68. The Hall–Kier alpha value is -3.00. The van der Waals surface area contributed by atoms with Gasteiger partial charge in [-0.1, -0.05) is 19.1 Å². The summed E-state index contributed by atoms with van der Waals surface area (Å²) in [7, 11) is -1.01. The number of nitrogens with one attached hydrogen (secondary N) is 2. The largest absolute Gasteiger partial charge is 0.308 e. The molecule has 27 heavy (non-hydrogen) atoms. The Morgan fingerprint density at radius 3 is 2.78 bits per heavy atom. The third kappa shape index (κ3) is 3.48. The maximum Gasteiger partial charge on any atom is 0.215 e. The molecule has 0 aliphatic rings. The lowest BCUT2D eigenvalue weighted by Gasteiger charge is -2.09. The van der Waals surface area contributed by atoms with Crippen LogP contribution in [0.4, 0.5) is 11.8 Å². The van der Waals surface area contributed by atoms with E-state index in [9.17, 15) is 4.21 Å². The van der Waals surface area contributed by atoms with Crippen LogP contribution < -0.4 is 5.32 Å². The summed E-state index contributed by atoms with van der Waals surface area (Å²) >= 11 is 0. The number of aromatic amines is 1. The smallest absolute Gasteiger partial charge is 0.215 e. The zero-order valence-electron chi connectivity index (χ0n) is 15.4. The van der Waals surface area contributed by atoms with Crippen molar-refractivity contribution in [1.82, 2.24) is 24.6 Å². The number of aryl methyl sites for hydroxylation is 2. The van der Waals surface area contributed by atoms with Crippen LogP contribution in [0, 0.1) is 13.8 Å². The van der Waals surface area contributed by atoms with Gasteiger partial charge in [-0.25, -0.2) is 9.97 Å². The number of anilines is 2. The van der Waals surface area contributed by atoms with Gasteiger partial charge in [-0.2, -0.15) is 5.10 Å². The predicted octanol–water partition coefficient (Wildman–Crippen LogP) is 3.61. The number of rotatable bonds is 5. The molecular formula is C19H20N6OS. The summed E-state index contributed by atoms with van der Waals surface area (Å²) < 4.78 is 14.1. The molecule has 138 valence electrons. The van der Waals surface area contributed by atoms with E-state index in [2.05, 4.69) is 20.5 Å². The molecule has 7 nitrogen and oxygen atoms in total. The number of hydrogen-bond acceptors (Lipinski definition) is 5. The van der Waals surface area contributed by atoms with Crippen molar-refractivity contribution in [3.63, 3.8) is 0 Å². The summed E-state index contributed by atoms with van der Waals surface area (Å²) in [4.78, 5) is 10.1. The summed E-state index contributed by atoms with van der Waals surface area (Å²) in [5.74, 6) is 1.89. The standard InChI is InChI=1S/C19H20N6OS/c1-4-27(26)15-7-5-6-14(9-15)16-10-18-20-13(3)11-25(18)19(21-16)22-17-8-12(2)23-24-17/h5-11H,4H2,1-3H3,(H2,21,22,23,24). The van der Waals surface area contributed by atoms with Crippen LogP contribution in [0.2, 0.25) is 0 Å². The van der Waals surface area contributed by atoms with Gasteiger partial charge >= 0.3 is 0 Å². The Bertz CT molecular complexity index is 1150. The Labute approximate surface area is 159 Å². The predicted molar refractivity (Wildman–Crippen MR) is 107 cm³/mol. The number of hydrogen-bond donors (Lipinski definition) is 2. The summed E-state index contributed by atoms with van der Waals surface area (Å²) in [6, 6.07) is 11.5. The molecule has 1 aromatic carbocycles. The number of nitrogens with zero attached hydrogens (tertiary/aromatic N) is 4. The lowest BCUT2D eigenvalue weighted by atomic mass is 10.1. The van der Waals surface area contributed by atoms with Crippen LogP contribution in [0.25, 0.3) is 16.9 Å². The highest BCUT2D eigenvalue weighted by molar-refractivity contribution is 7.85. The van der Waals surface area contributed by atoms with Crippen LogP contribution in [-0.4, -0.2) is 34.5 Å². The molecule has 2 N–H and O–H groups in total. The van der Waals surface area contributed by atoms with Crippen LogP contribution in [0.3, 0.4) is 0 Å². The van der Waals surface area contributed by atoms with E-state index >= 15 is 0 Å². The van der Waals surface area contributed by atoms with Gasteiger partial charge in [-0.3, -0.25) is 13.7 Å². The second-order valence-electron chi connectivity index (χ2n) is 6.30. The molecular weight excluding hydrogens is 360 g/mol. The molecule has 0 saturated carbocycles. The molecule has 0 saturated heterocycles. The number of H-pyrrole nitrogens is 1. The van der Waals surface area contributed by atoms with E-state index in [0.717, 1.165) is 33.2 Å². The van der Waals surface area contributed by atoms with Crippen molar-refractivity contribution >= 4 is 28.2 Å². The van der Waals surface area contributed by atoms with Gasteiger partial charge in [0, 0.05) is 40.2 Å². The van der Waals surface area contributed by atoms with Crippen LogP contribution in [-0.2, 0) is 10.8 Å². The average molecular weight is 380 g/mol. The lowest BCUT2D eigenvalue weighted by Crippen LogP contribution is -2.03. The SMILES string of the molecule is CCS(=O)c1cccc(-c2cc3nc(C)cn3c(Nc3cc(C)[nH]n3)n2)c1. The highest BCUT2D eigenvalue weighted by Crippen LogP contribution is 2.25. The van der Waals surface area contributed by atoms with Crippen LogP contribution in [0.1, 0.15) is 18.3 Å². The minimum absolute atomic E-state index is 0.584. The third-order valence-corrected chi connectivity index (χ3v) is 5.48. The van der Waals surface area contributed by atoms with Gasteiger partial charge in [0.2, 0.25) is 5.95 Å². The lowest BCUT2D eigenvalue weighted by molar-refractivity contribution is 0.684. The molecule has 0 aliphatic carbocycles. The molecule has 0 bridgehead atoms. The maximum atomic E-state index is 12.2. The molecule has 1 unspecified atom stereocenters. The molecule has 4 rings (SSSR count). The minimum atomic E-state index is -1.01. The molecule has 0 aliphatic heterocycles. The molecule has 8 heteroatoms. The van der Waals surface area contributed by atoms with Crippen molar-refractivity contribution in [2.75, 3.05) is 11.1 Å². The first-order valence-corrected chi connectivity index (χ1v) is 10.00. The first kappa shape index (κ1) is 17.4. The van der Waals surface area contributed by atoms with Gasteiger partial charge in [0.1, 0.15) is 5.65 Å². The fourth-order valence-electron chi connectivity index (χ4n) is 2.91. The highest BCUT2D eigenvalue weighted by Gasteiger charge is 2.12. The second-order valence-corrected chi connectivity index (χ2v) is 8.04. The monoisotopic (exact) mass is 380 g/mol. The Balaban J connectivity index is 1.83. The molecule has 3 heterocycles. The number of benzene rings is 1. The van der Waals surface area contributed by atoms with Gasteiger partial charge < -0.3 is 5.32 Å². The molecule has 0 radical (unpaired) electrons. The molecule has 1 atom stereocenters. The normalized spacial score (nSPS) is 12.4. The van der Waals surface area contributed by atoms with Gasteiger partial charge in [0.15, 0.2) is 5.82 Å². The fourth-order valence-corrected chi connectivity index (χ4v) is 3.73. The van der Waals surface area contributed by atoms with E-state index in [-0.39, 0.29) is 0 Å². The van der Waals surface area contributed by atoms with E-state index in [0.29, 0.717) is 17.5 Å². The van der Waals surface area contributed by atoms with E-state index in [1.165, 1.54) is 0 Å². The number of imidazole rings is 1. The van der Waals surface area contributed by atoms with E-state index in [1.54, 1.807) is 0 Å². The second kappa shape index (κ2) is 6.96. The van der Waals surface area contributed by atoms with Crippen molar-refractivity contribution in [3.05, 3.63) is 54.0 Å². The highest BCUT2D eigenvalue weighted by atomic mass is 32.2. The molecule has 0 spiro atoms. The molecule has 0 fully saturated rings. The summed E-state index contributed by atoms with van der Waals surface area (Å²) in [6.07, 6.45) is 1.93. The zero-order chi connectivity index (χ0) is 19.0. The van der Waals surface area contributed by atoms with Crippen molar-refractivity contribution in [2.45, 2.75) is 25.7 Å². The summed E-state index contributed by atoms with van der Waals surface area (Å²) in [5.41, 5.74) is 4.31. The van der Waals surface area contributed by atoms with Gasteiger partial charge in [0.25, 0.3) is 0 Å². The molecule has 3 aromatic heterocycles. The van der Waals surface area contributed by atoms with Crippen LogP contribution >= 0.6 is 0 Å². The minimum Gasteiger partial charge on any atom is -0.308 e. The van der Waals surface area contributed by atoms with Crippen molar-refractivity contribution in [1.29, 1.82) is 0 Å². The molecule has 4 aromatic rings. The summed E-state index contributed by atoms with van der Waals surface area (Å²) in [5, 5.41) is 10.4. The number of fused-ring (bicyclic) bond motifs is 1. The van der Waals surface area contributed by atoms with E-state index in [4.69, 9.17) is 4.98 Å². The van der Waals surface area contributed by atoms with Crippen molar-refractivity contribution < 1.29 is 4.21 Å². The number of aromatic nitrogens is 5. The van der Waals surface area contributed by atoms with E-state index in [1.807, 2.05) is 67.8 Å². The Kier molecular flexibility index (Phi) is 4.49. The van der Waals surface area contributed by atoms with Crippen LogP contribution in [0.15, 0.2) is 47.5 Å². The van der Waals surface area contributed by atoms with E-state index < -0.39 is 10.8 Å². The molecule has 0 amide bonds. The Morgan fingerprint density at radius 2 is 2.04 bits per heavy atom. The van der Waals surface area contributed by atoms with Crippen molar-refractivity contribution in [2.24, 2.45) is 0 Å². The van der Waals surface area contributed by atoms with Gasteiger partial charge in [-0.05, 0) is 26.0 Å². The van der Waals surface area contributed by atoms with Crippen LogP contribution in [0.5, 0.6) is 0 Å². The maximum absolute atomic E-state index is 12.2. The summed E-state index contributed by atoms with van der Waals surface area (Å²) in [6.45, 7) is 5.80. The fraction of sp³-hybridized carbons (Fsp3) is 0.211. The zero-order valence-corrected chi connectivity index (χ0v) is 16.2. The van der Waals surface area contributed by atoms with Crippen molar-refractivity contribution in [3.8, 4) is 11.3 Å². The van der Waals surface area contributed by atoms with Gasteiger partial charge in [-0.15, -0.1) is 0 Å².